The molecule has 1 N–H and O–H groups in total. The van der Waals surface area contributed by atoms with Crippen molar-refractivity contribution >= 4 is 16.6 Å². The smallest absolute Gasteiger partial charge is 0.194 e. The Kier molecular flexibility index (Phi) is 5.40. The minimum Gasteiger partial charge on any atom is -0.380 e. The average Bonchev–Trinajstić information content (AvgIpc) is 2.83. The quantitative estimate of drug-likeness (QED) is 0.357. The van der Waals surface area contributed by atoms with Gasteiger partial charge in [-0.05, 0) is 45.9 Å². The van der Waals surface area contributed by atoms with Crippen LogP contribution in [0.1, 0.15) is 64.4 Å². The first kappa shape index (κ1) is 20.7. The summed E-state index contributed by atoms with van der Waals surface area (Å²) in [6.07, 6.45) is 4.60. The van der Waals surface area contributed by atoms with Crippen molar-refractivity contribution in [1.82, 2.24) is 0 Å². The molecule has 4 aromatic carbocycles. The lowest BCUT2D eigenvalue weighted by Gasteiger charge is -2.37. The Hall–Kier alpha value is -3.23. The van der Waals surface area contributed by atoms with Crippen LogP contribution in [-0.2, 0) is 18.4 Å². The number of carbonyl (C=O) groups is 1. The van der Waals surface area contributed by atoms with Gasteiger partial charge in [0.25, 0.3) is 0 Å². The lowest BCUT2D eigenvalue weighted by molar-refractivity contribution is 0.0719. The van der Waals surface area contributed by atoms with Crippen molar-refractivity contribution in [1.29, 1.82) is 0 Å². The third-order valence-electron chi connectivity index (χ3n) is 6.76. The molecule has 2 nitrogen and oxygen atoms in total. The molecule has 0 aliphatic heterocycles. The summed E-state index contributed by atoms with van der Waals surface area (Å²) in [6, 6.07) is 28.2. The van der Waals surface area contributed by atoms with Crippen molar-refractivity contribution in [2.75, 3.05) is 0 Å². The van der Waals surface area contributed by atoms with E-state index in [1.807, 2.05) is 48.5 Å². The van der Waals surface area contributed by atoms with Crippen molar-refractivity contribution in [2.45, 2.75) is 44.6 Å². The summed E-state index contributed by atoms with van der Waals surface area (Å²) in [7, 11) is 0. The topological polar surface area (TPSA) is 37.3 Å². The number of rotatable bonds is 6. The van der Waals surface area contributed by atoms with E-state index in [4.69, 9.17) is 0 Å². The first-order valence-corrected chi connectivity index (χ1v) is 11.6. The van der Waals surface area contributed by atoms with Gasteiger partial charge >= 0.3 is 0 Å². The van der Waals surface area contributed by atoms with Crippen LogP contribution in [0.4, 0.5) is 0 Å². The zero-order valence-corrected chi connectivity index (χ0v) is 18.5. The fourth-order valence-electron chi connectivity index (χ4n) is 5.14. The Morgan fingerprint density at radius 1 is 0.781 bits per heavy atom. The molecule has 32 heavy (non-hydrogen) atoms. The van der Waals surface area contributed by atoms with E-state index in [-0.39, 0.29) is 5.78 Å². The zero-order valence-electron chi connectivity index (χ0n) is 18.5. The van der Waals surface area contributed by atoms with E-state index in [1.54, 1.807) is 0 Å². The van der Waals surface area contributed by atoms with Crippen LogP contribution in [0.25, 0.3) is 10.8 Å². The van der Waals surface area contributed by atoms with Gasteiger partial charge in [0.05, 0.1) is 0 Å². The summed E-state index contributed by atoms with van der Waals surface area (Å²) in [5.41, 5.74) is 3.62. The van der Waals surface area contributed by atoms with Gasteiger partial charge in [-0.25, -0.2) is 0 Å². The Labute approximate surface area is 189 Å². The van der Waals surface area contributed by atoms with Gasteiger partial charge in [-0.3, -0.25) is 4.79 Å². The Morgan fingerprint density at radius 3 is 2.38 bits per heavy atom. The number of hydrogen-bond acceptors (Lipinski definition) is 2. The highest BCUT2D eigenvalue weighted by Crippen LogP contribution is 2.43. The number of unbranched alkanes of at least 4 members (excludes halogenated alkanes) is 2. The summed E-state index contributed by atoms with van der Waals surface area (Å²) in [5, 5.41) is 14.6. The van der Waals surface area contributed by atoms with E-state index in [1.165, 1.54) is 5.39 Å². The predicted molar refractivity (Wildman–Crippen MR) is 130 cm³/mol. The summed E-state index contributed by atoms with van der Waals surface area (Å²) < 4.78 is 0. The van der Waals surface area contributed by atoms with Crippen LogP contribution in [0.3, 0.4) is 0 Å². The standard InChI is InChI=1S/C30H28O2/c1-2-3-4-11-23-13-9-16-27-28(23)29(31)25-14-7-8-15-26(25)30(27,32)20-21-17-18-22-10-5-6-12-24(22)19-21/h5-10,12-19,32H,2-4,11,20H2,1H3. The number of hydrogen-bond donors (Lipinski definition) is 1. The molecule has 160 valence electrons. The van der Waals surface area contributed by atoms with E-state index in [2.05, 4.69) is 43.3 Å². The second-order valence-corrected chi connectivity index (χ2v) is 8.89. The molecule has 4 aromatic rings. The minimum atomic E-state index is -1.25. The van der Waals surface area contributed by atoms with Gasteiger partial charge in [0.2, 0.25) is 0 Å². The largest absolute Gasteiger partial charge is 0.380 e. The van der Waals surface area contributed by atoms with E-state index in [9.17, 15) is 9.90 Å². The number of fused-ring (bicyclic) bond motifs is 3. The average molecular weight is 421 g/mol. The van der Waals surface area contributed by atoms with Gasteiger partial charge in [-0.15, -0.1) is 0 Å². The highest BCUT2D eigenvalue weighted by Gasteiger charge is 2.43. The van der Waals surface area contributed by atoms with Crippen LogP contribution in [-0.4, -0.2) is 10.9 Å². The Balaban J connectivity index is 1.65. The van der Waals surface area contributed by atoms with Gasteiger partial charge in [0.15, 0.2) is 5.78 Å². The Morgan fingerprint density at radius 2 is 1.53 bits per heavy atom. The summed E-state index contributed by atoms with van der Waals surface area (Å²) >= 11 is 0. The molecule has 0 spiro atoms. The van der Waals surface area contributed by atoms with E-state index >= 15 is 0 Å². The lowest BCUT2D eigenvalue weighted by Crippen LogP contribution is -2.38. The number of benzene rings is 4. The molecule has 1 aliphatic carbocycles. The van der Waals surface area contributed by atoms with Gasteiger partial charge in [0, 0.05) is 17.5 Å². The predicted octanol–water partition coefficient (Wildman–Crippen LogP) is 6.60. The first-order valence-electron chi connectivity index (χ1n) is 11.6. The van der Waals surface area contributed by atoms with Gasteiger partial charge in [-0.1, -0.05) is 105 Å². The van der Waals surface area contributed by atoms with Crippen LogP contribution in [0, 0.1) is 0 Å². The third-order valence-corrected chi connectivity index (χ3v) is 6.76. The van der Waals surface area contributed by atoms with Gasteiger partial charge in [0.1, 0.15) is 5.60 Å². The molecule has 1 unspecified atom stereocenters. The Bertz CT molecular complexity index is 1300. The summed E-state index contributed by atoms with van der Waals surface area (Å²) in [6.45, 7) is 2.18. The maximum Gasteiger partial charge on any atom is 0.194 e. The molecule has 0 fully saturated rings. The molecule has 0 saturated heterocycles. The molecular formula is C30H28O2. The normalized spacial score (nSPS) is 17.2. The number of aliphatic hydroxyl groups is 1. The summed E-state index contributed by atoms with van der Waals surface area (Å²) in [5.74, 6) is 0.0332. The SMILES string of the molecule is CCCCCc1cccc2c1C(=O)c1ccccc1C2(O)Cc1ccc2ccccc2c1. The third kappa shape index (κ3) is 3.45. The second-order valence-electron chi connectivity index (χ2n) is 8.89. The molecule has 0 heterocycles. The molecule has 1 aliphatic rings. The van der Waals surface area contributed by atoms with Gasteiger partial charge < -0.3 is 5.11 Å². The number of carbonyl (C=O) groups excluding carboxylic acids is 1. The van der Waals surface area contributed by atoms with Crippen molar-refractivity contribution in [3.63, 3.8) is 0 Å². The zero-order chi connectivity index (χ0) is 22.1. The van der Waals surface area contributed by atoms with Crippen LogP contribution < -0.4 is 0 Å². The maximum absolute atomic E-state index is 13.6. The highest BCUT2D eigenvalue weighted by atomic mass is 16.3. The van der Waals surface area contributed by atoms with Crippen molar-refractivity contribution in [3.8, 4) is 0 Å². The first-order chi connectivity index (χ1) is 15.6. The molecule has 5 rings (SSSR count). The highest BCUT2D eigenvalue weighted by molar-refractivity contribution is 6.14. The molecular weight excluding hydrogens is 392 g/mol. The van der Waals surface area contributed by atoms with Crippen LogP contribution in [0.2, 0.25) is 0 Å². The summed E-state index contributed by atoms with van der Waals surface area (Å²) in [4.78, 5) is 13.6. The molecule has 0 bridgehead atoms. The van der Waals surface area contributed by atoms with E-state index < -0.39 is 5.60 Å². The fourth-order valence-corrected chi connectivity index (χ4v) is 5.14. The number of ketones is 1. The molecule has 1 atom stereocenters. The molecule has 0 aromatic heterocycles. The monoisotopic (exact) mass is 420 g/mol. The van der Waals surface area contributed by atoms with E-state index in [0.717, 1.165) is 47.8 Å². The molecule has 2 heteroatoms. The molecule has 0 saturated carbocycles. The van der Waals surface area contributed by atoms with Gasteiger partial charge in [-0.2, -0.15) is 0 Å². The van der Waals surface area contributed by atoms with E-state index in [0.29, 0.717) is 23.1 Å². The lowest BCUT2D eigenvalue weighted by atomic mass is 9.70. The van der Waals surface area contributed by atoms with Crippen molar-refractivity contribution in [2.24, 2.45) is 0 Å². The molecule has 0 radical (unpaired) electrons. The molecule has 0 amide bonds. The van der Waals surface area contributed by atoms with Crippen molar-refractivity contribution in [3.05, 3.63) is 118 Å². The van der Waals surface area contributed by atoms with Crippen LogP contribution in [0.5, 0.6) is 0 Å². The maximum atomic E-state index is 13.6. The second kappa shape index (κ2) is 8.37. The van der Waals surface area contributed by atoms with Crippen LogP contribution >= 0.6 is 0 Å². The fraction of sp³-hybridized carbons (Fsp3) is 0.233. The van der Waals surface area contributed by atoms with Crippen molar-refractivity contribution < 1.29 is 9.90 Å². The van der Waals surface area contributed by atoms with Crippen LogP contribution in [0.15, 0.2) is 84.9 Å². The number of aryl methyl sites for hydroxylation is 1. The minimum absolute atomic E-state index is 0.0332.